The number of carboxylic acids is 1. The highest BCUT2D eigenvalue weighted by Crippen LogP contribution is 2.71. The molecule has 0 spiro atoms. The topological polar surface area (TPSA) is 54.4 Å². The fraction of sp³-hybridized carbons (Fsp3) is 0.875. The number of ketones is 1. The molecule has 1 N–H and O–H groups in total. The minimum Gasteiger partial charge on any atom is -0.481 e. The van der Waals surface area contributed by atoms with Crippen molar-refractivity contribution in [3.63, 3.8) is 0 Å². The second-order valence-corrected chi connectivity index (χ2v) is 12.2. The van der Waals surface area contributed by atoms with Gasteiger partial charge < -0.3 is 5.11 Å². The van der Waals surface area contributed by atoms with Gasteiger partial charge in [0.2, 0.25) is 0 Å². The lowest BCUT2D eigenvalue weighted by molar-refractivity contribution is -0.191. The van der Waals surface area contributed by atoms with Gasteiger partial charge in [0.15, 0.2) is 0 Å². The van der Waals surface area contributed by atoms with Crippen molar-refractivity contribution in [2.75, 3.05) is 0 Å². The Morgan fingerprint density at radius 1 is 0.886 bits per heavy atom. The number of carbonyl (C=O) groups is 2. The summed E-state index contributed by atoms with van der Waals surface area (Å²) in [6.07, 6.45) is 13.8. The molecule has 0 bridgehead atoms. The Morgan fingerprint density at radius 3 is 2.06 bits per heavy atom. The zero-order valence-corrected chi connectivity index (χ0v) is 24.3. The molecule has 0 heterocycles. The molecule has 0 aromatic rings. The fourth-order valence-corrected chi connectivity index (χ4v) is 10.0. The lowest BCUT2D eigenvalue weighted by atomic mass is 9.38. The molecule has 202 valence electrons. The van der Waals surface area contributed by atoms with E-state index in [9.17, 15) is 14.7 Å². The molecule has 3 heteroatoms. The monoisotopic (exact) mass is 488 g/mol. The molecule has 9 atom stereocenters. The van der Waals surface area contributed by atoms with Gasteiger partial charge in [0.25, 0.3) is 0 Å². The summed E-state index contributed by atoms with van der Waals surface area (Å²) in [4.78, 5) is 24.7. The lowest BCUT2D eigenvalue weighted by Crippen LogP contribution is -2.61. The van der Waals surface area contributed by atoms with Crippen molar-refractivity contribution in [1.29, 1.82) is 0 Å². The molecule has 3 nitrogen and oxygen atoms in total. The fourth-order valence-electron chi connectivity index (χ4n) is 10.0. The van der Waals surface area contributed by atoms with Gasteiger partial charge in [-0.2, -0.15) is 0 Å². The van der Waals surface area contributed by atoms with Gasteiger partial charge in [-0.15, -0.1) is 6.58 Å². The van der Waals surface area contributed by atoms with Crippen molar-refractivity contribution < 1.29 is 14.7 Å². The van der Waals surface area contributed by atoms with Crippen molar-refractivity contribution in [2.45, 2.75) is 126 Å². The molecule has 0 aromatic heterocycles. The van der Waals surface area contributed by atoms with Crippen molar-refractivity contribution >= 4 is 11.8 Å². The van der Waals surface area contributed by atoms with Crippen molar-refractivity contribution in [2.24, 2.45) is 51.8 Å². The van der Waals surface area contributed by atoms with E-state index in [1.54, 1.807) is 6.08 Å². The van der Waals surface area contributed by atoms with E-state index in [1.807, 2.05) is 34.6 Å². The van der Waals surface area contributed by atoms with E-state index in [4.69, 9.17) is 0 Å². The third kappa shape index (κ3) is 4.79. The van der Waals surface area contributed by atoms with Crippen LogP contribution in [0, 0.1) is 51.8 Å². The highest BCUT2D eigenvalue weighted by molar-refractivity contribution is 5.82. The van der Waals surface area contributed by atoms with E-state index in [-0.39, 0.29) is 5.92 Å². The Kier molecular flexibility index (Phi) is 10.3. The molecule has 5 saturated carbocycles. The summed E-state index contributed by atoms with van der Waals surface area (Å²) in [6.45, 7) is 20.5. The molecule has 35 heavy (non-hydrogen) atoms. The zero-order chi connectivity index (χ0) is 26.6. The quantitative estimate of drug-likeness (QED) is 0.375. The molecule has 0 saturated heterocycles. The zero-order valence-electron chi connectivity index (χ0n) is 24.3. The van der Waals surface area contributed by atoms with Crippen LogP contribution >= 0.6 is 0 Å². The normalized spacial score (nSPS) is 45.2. The van der Waals surface area contributed by atoms with Gasteiger partial charge in [-0.05, 0) is 105 Å². The van der Waals surface area contributed by atoms with E-state index in [0.717, 1.165) is 44.9 Å². The van der Waals surface area contributed by atoms with Crippen LogP contribution < -0.4 is 0 Å². The number of hydrogen-bond acceptors (Lipinski definition) is 2. The van der Waals surface area contributed by atoms with Gasteiger partial charge in [0.05, 0.1) is 5.41 Å². The van der Waals surface area contributed by atoms with Gasteiger partial charge in [-0.25, -0.2) is 0 Å². The van der Waals surface area contributed by atoms with Crippen molar-refractivity contribution in [3.8, 4) is 0 Å². The Morgan fingerprint density at radius 2 is 1.46 bits per heavy atom. The maximum Gasteiger partial charge on any atom is 0.309 e. The van der Waals surface area contributed by atoms with E-state index < -0.39 is 11.4 Å². The number of rotatable bonds is 1. The number of aliphatic carboxylic acids is 1. The summed E-state index contributed by atoms with van der Waals surface area (Å²) in [5, 5.41) is 10.1. The average Bonchev–Trinajstić information content (AvgIpc) is 3.31. The molecule has 0 amide bonds. The molecule has 9 unspecified atom stereocenters. The smallest absolute Gasteiger partial charge is 0.309 e. The average molecular weight is 489 g/mol. The standard InChI is InChI=1S/C25H38O3.C3H6.2C2H6/c1-15-17-8-12-24(3)18-9-14-25(22(27)28)11-4-5-19(25)16(18)6-7-21(24)23(17,2)13-10-20(15)26;1-3-2;2*1-2/h15-19,21H,4-14H2,1-3H3,(H,27,28);3H,1H2,2H3;2*1-2H3. The number of carboxylic acid groups (broad SMARTS) is 1. The first-order valence-corrected chi connectivity index (χ1v) is 15.0. The SMILES string of the molecule is C=CC.CC.CC.CC1C(=O)CCC2(C)C1CCC1(C)C3CCC4(C(=O)O)CCCC4C3CCC21. The van der Waals surface area contributed by atoms with Crippen LogP contribution in [0.1, 0.15) is 126 Å². The highest BCUT2D eigenvalue weighted by atomic mass is 16.4. The van der Waals surface area contributed by atoms with Crippen LogP contribution in [0.3, 0.4) is 0 Å². The number of Topliss-reactive ketones (excluding diaryl/α,β-unsaturated/α-hetero) is 1. The van der Waals surface area contributed by atoms with Crippen LogP contribution in [0.25, 0.3) is 0 Å². The maximum atomic E-state index is 12.4. The maximum absolute atomic E-state index is 12.4. The van der Waals surface area contributed by atoms with Crippen LogP contribution in [0.4, 0.5) is 0 Å². The highest BCUT2D eigenvalue weighted by Gasteiger charge is 2.65. The van der Waals surface area contributed by atoms with Gasteiger partial charge >= 0.3 is 5.97 Å². The number of hydrogen-bond donors (Lipinski definition) is 1. The van der Waals surface area contributed by atoms with Crippen LogP contribution in [0.5, 0.6) is 0 Å². The summed E-state index contributed by atoms with van der Waals surface area (Å²) in [7, 11) is 0. The first-order valence-electron chi connectivity index (χ1n) is 15.0. The van der Waals surface area contributed by atoms with Crippen LogP contribution in [-0.4, -0.2) is 16.9 Å². The summed E-state index contributed by atoms with van der Waals surface area (Å²) < 4.78 is 0. The first-order chi connectivity index (χ1) is 16.7. The summed E-state index contributed by atoms with van der Waals surface area (Å²) in [6, 6.07) is 0. The lowest BCUT2D eigenvalue weighted by Gasteiger charge is -2.67. The van der Waals surface area contributed by atoms with Crippen LogP contribution in [-0.2, 0) is 9.59 Å². The Balaban J connectivity index is 0.000000563. The Hall–Kier alpha value is -1.12. The molecule has 0 aromatic carbocycles. The summed E-state index contributed by atoms with van der Waals surface area (Å²) >= 11 is 0. The third-order valence-corrected chi connectivity index (χ3v) is 11.3. The predicted octanol–water partition coefficient (Wildman–Crippen LogP) is 8.96. The Labute approximate surface area is 216 Å². The molecule has 5 fully saturated rings. The molecule has 5 aliphatic carbocycles. The molecule has 5 aliphatic rings. The van der Waals surface area contributed by atoms with E-state index >= 15 is 0 Å². The number of fused-ring (bicyclic) bond motifs is 7. The van der Waals surface area contributed by atoms with E-state index in [1.165, 1.54) is 25.7 Å². The molecular formula is C32H56O3. The summed E-state index contributed by atoms with van der Waals surface area (Å²) in [5.41, 5.74) is 0.251. The largest absolute Gasteiger partial charge is 0.481 e. The molecular weight excluding hydrogens is 432 g/mol. The van der Waals surface area contributed by atoms with Gasteiger partial charge in [-0.3, -0.25) is 9.59 Å². The summed E-state index contributed by atoms with van der Waals surface area (Å²) in [5.74, 6) is 3.25. The molecule has 0 aliphatic heterocycles. The molecule has 5 rings (SSSR count). The Bertz CT molecular complexity index is 743. The van der Waals surface area contributed by atoms with Gasteiger partial charge in [0, 0.05) is 12.3 Å². The second-order valence-electron chi connectivity index (χ2n) is 12.2. The number of carbonyl (C=O) groups excluding carboxylic acids is 1. The second kappa shape index (κ2) is 12.0. The van der Waals surface area contributed by atoms with Gasteiger partial charge in [-0.1, -0.05) is 61.0 Å². The van der Waals surface area contributed by atoms with E-state index in [0.29, 0.717) is 46.2 Å². The number of allylic oxidation sites excluding steroid dienone is 1. The minimum atomic E-state index is -0.504. The third-order valence-electron chi connectivity index (χ3n) is 11.3. The minimum absolute atomic E-state index is 0.238. The van der Waals surface area contributed by atoms with Crippen molar-refractivity contribution in [3.05, 3.63) is 12.7 Å². The van der Waals surface area contributed by atoms with Gasteiger partial charge in [0.1, 0.15) is 5.78 Å². The first kappa shape index (κ1) is 30.1. The van der Waals surface area contributed by atoms with Crippen LogP contribution in [0.2, 0.25) is 0 Å². The van der Waals surface area contributed by atoms with Crippen LogP contribution in [0.15, 0.2) is 12.7 Å². The molecule has 0 radical (unpaired) electrons. The van der Waals surface area contributed by atoms with E-state index in [2.05, 4.69) is 27.4 Å². The predicted molar refractivity (Wildman–Crippen MR) is 147 cm³/mol. The van der Waals surface area contributed by atoms with Crippen molar-refractivity contribution in [1.82, 2.24) is 0 Å².